The molecule has 0 radical (unpaired) electrons. The lowest BCUT2D eigenvalue weighted by atomic mass is 10.1. The second-order valence-electron chi connectivity index (χ2n) is 3.63. The molecule has 0 saturated heterocycles. The Balaban J connectivity index is 3.19. The fraction of sp³-hybridized carbons (Fsp3) is 1.00. The van der Waals surface area contributed by atoms with Gasteiger partial charge in [-0.2, -0.15) is 0 Å². The van der Waals surface area contributed by atoms with Crippen molar-refractivity contribution in [3.8, 4) is 0 Å². The Kier molecular flexibility index (Phi) is 8.77. The van der Waals surface area contributed by atoms with Crippen LogP contribution in [-0.4, -0.2) is 28.8 Å². The van der Waals surface area contributed by atoms with E-state index in [0.717, 1.165) is 12.3 Å². The van der Waals surface area contributed by atoms with E-state index in [0.29, 0.717) is 6.04 Å². The Morgan fingerprint density at radius 1 is 1.38 bits per heavy atom. The minimum atomic E-state index is -0.652. The van der Waals surface area contributed by atoms with Crippen LogP contribution in [0.3, 0.4) is 0 Å². The molecular formula is C10H23NOS. The lowest BCUT2D eigenvalue weighted by Gasteiger charge is -2.12. The van der Waals surface area contributed by atoms with Crippen LogP contribution in [0, 0.1) is 0 Å². The standard InChI is InChI=1S/C10H23NOS/c1-4-5-6-7-10(2)11-8-9-13(3)12/h10-11H,4-9H2,1-3H3. The predicted octanol–water partition coefficient (Wildman–Crippen LogP) is 1.92. The van der Waals surface area contributed by atoms with Crippen molar-refractivity contribution in [3.63, 3.8) is 0 Å². The highest BCUT2D eigenvalue weighted by atomic mass is 32.2. The first-order chi connectivity index (χ1) is 6.16. The molecule has 0 bridgehead atoms. The van der Waals surface area contributed by atoms with Crippen LogP contribution in [0.15, 0.2) is 0 Å². The lowest BCUT2D eigenvalue weighted by molar-refractivity contribution is 0.501. The minimum absolute atomic E-state index is 0.579. The maximum atomic E-state index is 10.8. The minimum Gasteiger partial charge on any atom is -0.313 e. The smallest absolute Gasteiger partial charge is 0.0357 e. The summed E-state index contributed by atoms with van der Waals surface area (Å²) in [5, 5.41) is 3.38. The molecule has 0 heterocycles. The summed E-state index contributed by atoms with van der Waals surface area (Å²) in [5.41, 5.74) is 0. The van der Waals surface area contributed by atoms with Gasteiger partial charge in [-0.1, -0.05) is 26.2 Å². The van der Waals surface area contributed by atoms with E-state index in [9.17, 15) is 4.21 Å². The molecule has 13 heavy (non-hydrogen) atoms. The van der Waals surface area contributed by atoms with E-state index >= 15 is 0 Å². The van der Waals surface area contributed by atoms with Crippen LogP contribution in [0.2, 0.25) is 0 Å². The normalized spacial score (nSPS) is 15.6. The molecule has 0 aliphatic carbocycles. The molecule has 2 atom stereocenters. The van der Waals surface area contributed by atoms with E-state index in [4.69, 9.17) is 0 Å². The van der Waals surface area contributed by atoms with Gasteiger partial charge in [0.05, 0.1) is 0 Å². The summed E-state index contributed by atoms with van der Waals surface area (Å²) in [6, 6.07) is 0.579. The number of nitrogens with one attached hydrogen (secondary N) is 1. The van der Waals surface area contributed by atoms with Crippen LogP contribution in [-0.2, 0) is 10.8 Å². The highest BCUT2D eigenvalue weighted by Crippen LogP contribution is 2.02. The Bertz CT molecular complexity index is 139. The molecular weight excluding hydrogens is 182 g/mol. The average Bonchev–Trinajstić information content (AvgIpc) is 2.04. The first kappa shape index (κ1) is 13.1. The first-order valence-corrected chi connectivity index (χ1v) is 6.93. The zero-order valence-electron chi connectivity index (χ0n) is 9.14. The molecule has 80 valence electrons. The van der Waals surface area contributed by atoms with Crippen LogP contribution < -0.4 is 5.32 Å². The molecule has 0 aliphatic rings. The fourth-order valence-electron chi connectivity index (χ4n) is 1.25. The van der Waals surface area contributed by atoms with Gasteiger partial charge in [-0.05, 0) is 13.3 Å². The molecule has 0 aromatic heterocycles. The van der Waals surface area contributed by atoms with E-state index in [2.05, 4.69) is 19.2 Å². The number of hydrogen-bond acceptors (Lipinski definition) is 2. The summed E-state index contributed by atoms with van der Waals surface area (Å²) in [7, 11) is -0.652. The summed E-state index contributed by atoms with van der Waals surface area (Å²) in [6.07, 6.45) is 6.91. The number of hydrogen-bond donors (Lipinski definition) is 1. The molecule has 0 aromatic carbocycles. The number of rotatable bonds is 8. The molecule has 1 N–H and O–H groups in total. The van der Waals surface area contributed by atoms with Crippen molar-refractivity contribution >= 4 is 10.8 Å². The van der Waals surface area contributed by atoms with Gasteiger partial charge >= 0.3 is 0 Å². The van der Waals surface area contributed by atoms with Gasteiger partial charge in [0.25, 0.3) is 0 Å². The zero-order valence-corrected chi connectivity index (χ0v) is 9.95. The maximum absolute atomic E-state index is 10.8. The van der Waals surface area contributed by atoms with Gasteiger partial charge in [-0.15, -0.1) is 0 Å². The van der Waals surface area contributed by atoms with Crippen molar-refractivity contribution in [2.24, 2.45) is 0 Å². The van der Waals surface area contributed by atoms with E-state index in [1.54, 1.807) is 6.26 Å². The van der Waals surface area contributed by atoms with E-state index in [1.807, 2.05) is 0 Å². The van der Waals surface area contributed by atoms with Crippen molar-refractivity contribution in [1.82, 2.24) is 5.32 Å². The summed E-state index contributed by atoms with van der Waals surface area (Å²) in [6.45, 7) is 5.31. The molecule has 0 spiro atoms. The van der Waals surface area contributed by atoms with E-state index in [-0.39, 0.29) is 0 Å². The highest BCUT2D eigenvalue weighted by Gasteiger charge is 2.00. The Labute approximate surface area is 84.9 Å². The van der Waals surface area contributed by atoms with Crippen molar-refractivity contribution in [2.75, 3.05) is 18.6 Å². The lowest BCUT2D eigenvalue weighted by Crippen LogP contribution is -2.29. The molecule has 0 saturated carbocycles. The van der Waals surface area contributed by atoms with E-state index < -0.39 is 10.8 Å². The number of unbranched alkanes of at least 4 members (excludes halogenated alkanes) is 2. The van der Waals surface area contributed by atoms with Crippen molar-refractivity contribution in [2.45, 2.75) is 45.6 Å². The quantitative estimate of drug-likeness (QED) is 0.613. The average molecular weight is 205 g/mol. The van der Waals surface area contributed by atoms with Crippen LogP contribution in [0.1, 0.15) is 39.5 Å². The van der Waals surface area contributed by atoms with Crippen LogP contribution in [0.25, 0.3) is 0 Å². The topological polar surface area (TPSA) is 29.1 Å². The van der Waals surface area contributed by atoms with Gasteiger partial charge in [0, 0.05) is 35.4 Å². The summed E-state index contributed by atoms with van der Waals surface area (Å²) < 4.78 is 10.8. The molecule has 3 heteroatoms. The molecule has 0 fully saturated rings. The third-order valence-corrected chi connectivity index (χ3v) is 2.90. The summed E-state index contributed by atoms with van der Waals surface area (Å²) >= 11 is 0. The monoisotopic (exact) mass is 205 g/mol. The van der Waals surface area contributed by atoms with Crippen molar-refractivity contribution < 1.29 is 4.21 Å². The van der Waals surface area contributed by atoms with E-state index in [1.165, 1.54) is 25.7 Å². The predicted molar refractivity (Wildman–Crippen MR) is 60.5 cm³/mol. The van der Waals surface area contributed by atoms with Gasteiger partial charge < -0.3 is 5.32 Å². The third kappa shape index (κ3) is 10.0. The van der Waals surface area contributed by atoms with Crippen LogP contribution in [0.4, 0.5) is 0 Å². The maximum Gasteiger partial charge on any atom is 0.0357 e. The molecule has 0 aromatic rings. The van der Waals surface area contributed by atoms with Crippen LogP contribution in [0.5, 0.6) is 0 Å². The van der Waals surface area contributed by atoms with Crippen LogP contribution >= 0.6 is 0 Å². The van der Waals surface area contributed by atoms with Crippen molar-refractivity contribution in [1.29, 1.82) is 0 Å². The Morgan fingerprint density at radius 2 is 2.08 bits per heavy atom. The van der Waals surface area contributed by atoms with Gasteiger partial charge in [0.1, 0.15) is 0 Å². The Hall–Kier alpha value is 0.110. The molecule has 0 amide bonds. The fourth-order valence-corrected chi connectivity index (χ4v) is 1.66. The second kappa shape index (κ2) is 8.70. The van der Waals surface area contributed by atoms with Gasteiger partial charge in [-0.25, -0.2) is 0 Å². The third-order valence-electron chi connectivity index (χ3n) is 2.12. The van der Waals surface area contributed by atoms with Gasteiger partial charge in [-0.3, -0.25) is 4.21 Å². The van der Waals surface area contributed by atoms with Crippen molar-refractivity contribution in [3.05, 3.63) is 0 Å². The molecule has 0 rings (SSSR count). The summed E-state index contributed by atoms with van der Waals surface area (Å²) in [4.78, 5) is 0. The molecule has 2 nitrogen and oxygen atoms in total. The highest BCUT2D eigenvalue weighted by molar-refractivity contribution is 7.84. The van der Waals surface area contributed by atoms with Gasteiger partial charge in [0.15, 0.2) is 0 Å². The Morgan fingerprint density at radius 3 is 2.62 bits per heavy atom. The summed E-state index contributed by atoms with van der Waals surface area (Å²) in [5.74, 6) is 0.776. The first-order valence-electron chi connectivity index (χ1n) is 5.20. The largest absolute Gasteiger partial charge is 0.313 e. The second-order valence-corrected chi connectivity index (χ2v) is 5.18. The molecule has 0 aliphatic heterocycles. The molecule has 2 unspecified atom stereocenters. The zero-order chi connectivity index (χ0) is 10.1. The van der Waals surface area contributed by atoms with Gasteiger partial charge in [0.2, 0.25) is 0 Å². The SMILES string of the molecule is CCCCCC(C)NCCS(C)=O.